The van der Waals surface area contributed by atoms with Gasteiger partial charge in [0.1, 0.15) is 0 Å². The molecule has 0 radical (unpaired) electrons. The molecule has 1 saturated heterocycles. The molecule has 0 saturated carbocycles. The van der Waals surface area contributed by atoms with Crippen molar-refractivity contribution in [3.8, 4) is 0 Å². The lowest BCUT2D eigenvalue weighted by molar-refractivity contribution is -0.0443. The highest BCUT2D eigenvalue weighted by Crippen LogP contribution is 2.34. The number of benzene rings is 2. The van der Waals surface area contributed by atoms with E-state index in [-0.39, 0.29) is 24.7 Å². The van der Waals surface area contributed by atoms with Gasteiger partial charge < -0.3 is 9.72 Å². The number of nitrogens with zero attached hydrogens (tertiary/aromatic N) is 1. The van der Waals surface area contributed by atoms with Crippen LogP contribution < -0.4 is 4.72 Å². The van der Waals surface area contributed by atoms with Crippen LogP contribution in [0.5, 0.6) is 0 Å². The van der Waals surface area contributed by atoms with Crippen molar-refractivity contribution < 1.29 is 13.2 Å². The summed E-state index contributed by atoms with van der Waals surface area (Å²) in [7, 11) is -3.66. The molecular weight excluding hydrogens is 422 g/mol. The Morgan fingerprint density at radius 3 is 2.50 bits per heavy atom. The largest absolute Gasteiger partial charge is 0.373 e. The van der Waals surface area contributed by atoms with Crippen molar-refractivity contribution in [2.24, 2.45) is 0 Å². The van der Waals surface area contributed by atoms with Gasteiger partial charge in [-0.05, 0) is 37.1 Å². The molecule has 4 rings (SSSR count). The van der Waals surface area contributed by atoms with E-state index in [1.807, 2.05) is 68.6 Å². The van der Waals surface area contributed by atoms with E-state index < -0.39 is 10.2 Å². The van der Waals surface area contributed by atoms with Gasteiger partial charge in [-0.2, -0.15) is 12.7 Å². The molecule has 1 aliphatic heterocycles. The summed E-state index contributed by atoms with van der Waals surface area (Å²) in [5.74, 6) is -0.236. The van der Waals surface area contributed by atoms with Crippen molar-refractivity contribution in [3.63, 3.8) is 0 Å². The zero-order valence-electron chi connectivity index (χ0n) is 17.0. The van der Waals surface area contributed by atoms with Crippen molar-refractivity contribution in [1.29, 1.82) is 0 Å². The van der Waals surface area contributed by atoms with Crippen LogP contribution in [-0.2, 0) is 14.9 Å². The number of aromatic amines is 1. The molecule has 0 spiro atoms. The second-order valence-electron chi connectivity index (χ2n) is 7.79. The van der Waals surface area contributed by atoms with Crippen LogP contribution in [0, 0.1) is 0 Å². The van der Waals surface area contributed by atoms with Gasteiger partial charge >= 0.3 is 0 Å². The third-order valence-electron chi connectivity index (χ3n) is 5.47. The Hall–Kier alpha value is -1.90. The number of para-hydroxylation sites is 1. The fourth-order valence-corrected chi connectivity index (χ4v) is 5.77. The number of halogens is 1. The lowest BCUT2D eigenvalue weighted by atomic mass is 9.91. The molecular formula is C22H26ClN3O3S. The van der Waals surface area contributed by atoms with Gasteiger partial charge in [-0.1, -0.05) is 48.0 Å². The van der Waals surface area contributed by atoms with Crippen LogP contribution in [0.4, 0.5) is 0 Å². The number of rotatable bonds is 6. The number of fused-ring (bicyclic) bond motifs is 1. The molecule has 6 nitrogen and oxygen atoms in total. The summed E-state index contributed by atoms with van der Waals surface area (Å²) in [5.41, 5.74) is 2.89. The predicted octanol–water partition coefficient (Wildman–Crippen LogP) is 3.90. The predicted molar refractivity (Wildman–Crippen MR) is 120 cm³/mol. The maximum absolute atomic E-state index is 13.0. The van der Waals surface area contributed by atoms with Gasteiger partial charge in [-0.15, -0.1) is 0 Å². The summed E-state index contributed by atoms with van der Waals surface area (Å²) < 4.78 is 36.1. The third kappa shape index (κ3) is 4.40. The highest BCUT2D eigenvalue weighted by atomic mass is 35.5. The topological polar surface area (TPSA) is 74.4 Å². The third-order valence-corrected chi connectivity index (χ3v) is 7.33. The van der Waals surface area contributed by atoms with Crippen LogP contribution in [0.15, 0.2) is 54.7 Å². The SMILES string of the molecule is C[C@@H]1CN(S(=O)(=O)NC[C@@H](c2ccccc2Cl)c2c[nH]c3ccccc23)C[C@H](C)O1. The molecule has 2 aromatic carbocycles. The Labute approximate surface area is 182 Å². The van der Waals surface area contributed by atoms with Gasteiger partial charge in [-0.25, -0.2) is 4.72 Å². The number of hydrogen-bond acceptors (Lipinski definition) is 3. The highest BCUT2D eigenvalue weighted by molar-refractivity contribution is 7.87. The van der Waals surface area contributed by atoms with E-state index in [1.54, 1.807) is 0 Å². The summed E-state index contributed by atoms with van der Waals surface area (Å²) in [6, 6.07) is 15.6. The van der Waals surface area contributed by atoms with Crippen LogP contribution in [0.1, 0.15) is 30.9 Å². The minimum absolute atomic E-state index is 0.140. The molecule has 2 N–H and O–H groups in total. The Morgan fingerprint density at radius 1 is 1.10 bits per heavy atom. The minimum Gasteiger partial charge on any atom is -0.373 e. The fourth-order valence-electron chi connectivity index (χ4n) is 4.13. The quantitative estimate of drug-likeness (QED) is 0.601. The standard InChI is InChI=1S/C22H26ClN3O3S/c1-15-13-26(14-16(2)29-15)30(27,28)25-12-20(17-7-3-5-9-21(17)23)19-11-24-22-10-6-4-8-18(19)22/h3-11,15-16,20,24-25H,12-14H2,1-2H3/t15-,16+,20-/m0/s1. The van der Waals surface area contributed by atoms with Crippen LogP contribution in [0.25, 0.3) is 10.9 Å². The molecule has 30 heavy (non-hydrogen) atoms. The van der Waals surface area contributed by atoms with Crippen molar-refractivity contribution in [1.82, 2.24) is 14.0 Å². The Morgan fingerprint density at radius 2 is 1.77 bits per heavy atom. The molecule has 0 amide bonds. The van der Waals surface area contributed by atoms with E-state index in [4.69, 9.17) is 16.3 Å². The first-order chi connectivity index (χ1) is 14.3. The van der Waals surface area contributed by atoms with Gasteiger partial charge in [-0.3, -0.25) is 0 Å². The molecule has 0 aliphatic carbocycles. The number of aromatic nitrogens is 1. The van der Waals surface area contributed by atoms with E-state index in [2.05, 4.69) is 9.71 Å². The van der Waals surface area contributed by atoms with Crippen LogP contribution >= 0.6 is 11.6 Å². The van der Waals surface area contributed by atoms with E-state index in [0.29, 0.717) is 18.1 Å². The molecule has 1 aliphatic rings. The van der Waals surface area contributed by atoms with Gasteiger partial charge in [0, 0.05) is 47.7 Å². The first-order valence-electron chi connectivity index (χ1n) is 10.1. The van der Waals surface area contributed by atoms with Crippen molar-refractivity contribution >= 4 is 32.7 Å². The molecule has 1 fully saturated rings. The summed E-state index contributed by atoms with van der Waals surface area (Å²) in [6.45, 7) is 4.65. The molecule has 3 aromatic rings. The summed E-state index contributed by atoms with van der Waals surface area (Å²) in [6.07, 6.45) is 1.66. The van der Waals surface area contributed by atoms with E-state index in [0.717, 1.165) is 22.0 Å². The lowest BCUT2D eigenvalue weighted by Crippen LogP contribution is -2.52. The zero-order chi connectivity index (χ0) is 21.3. The summed E-state index contributed by atoms with van der Waals surface area (Å²) >= 11 is 6.51. The van der Waals surface area contributed by atoms with Crippen LogP contribution in [-0.4, -0.2) is 49.5 Å². The van der Waals surface area contributed by atoms with Crippen molar-refractivity contribution in [3.05, 3.63) is 70.9 Å². The Bertz CT molecular complexity index is 1120. The molecule has 8 heteroatoms. The molecule has 0 bridgehead atoms. The summed E-state index contributed by atoms with van der Waals surface area (Å²) in [4.78, 5) is 3.28. The highest BCUT2D eigenvalue weighted by Gasteiger charge is 2.32. The monoisotopic (exact) mass is 447 g/mol. The number of morpholine rings is 1. The second kappa shape index (κ2) is 8.69. The average molecular weight is 448 g/mol. The first kappa shape index (κ1) is 21.3. The van der Waals surface area contributed by atoms with Crippen LogP contribution in [0.3, 0.4) is 0 Å². The Balaban J connectivity index is 1.65. The Kier molecular flexibility index (Phi) is 6.18. The molecule has 0 unspecified atom stereocenters. The van der Waals surface area contributed by atoms with E-state index >= 15 is 0 Å². The van der Waals surface area contributed by atoms with Gasteiger partial charge in [0.25, 0.3) is 10.2 Å². The maximum atomic E-state index is 13.0. The lowest BCUT2D eigenvalue weighted by Gasteiger charge is -2.34. The number of hydrogen-bond donors (Lipinski definition) is 2. The van der Waals surface area contributed by atoms with E-state index in [1.165, 1.54) is 4.31 Å². The van der Waals surface area contributed by atoms with Gasteiger partial charge in [0.15, 0.2) is 0 Å². The number of ether oxygens (including phenoxy) is 1. The molecule has 2 heterocycles. The molecule has 3 atom stereocenters. The van der Waals surface area contributed by atoms with E-state index in [9.17, 15) is 8.42 Å². The van der Waals surface area contributed by atoms with Gasteiger partial charge in [0.2, 0.25) is 0 Å². The fraction of sp³-hybridized carbons (Fsp3) is 0.364. The first-order valence-corrected chi connectivity index (χ1v) is 11.9. The van der Waals surface area contributed by atoms with Crippen LogP contribution in [0.2, 0.25) is 5.02 Å². The molecule has 160 valence electrons. The average Bonchev–Trinajstić information content (AvgIpc) is 3.13. The van der Waals surface area contributed by atoms with Gasteiger partial charge in [0.05, 0.1) is 12.2 Å². The normalized spacial score (nSPS) is 21.7. The molecule has 1 aromatic heterocycles. The number of nitrogens with one attached hydrogen (secondary N) is 2. The van der Waals surface area contributed by atoms with Crippen molar-refractivity contribution in [2.75, 3.05) is 19.6 Å². The number of H-pyrrole nitrogens is 1. The smallest absolute Gasteiger partial charge is 0.279 e. The maximum Gasteiger partial charge on any atom is 0.279 e. The second-order valence-corrected chi connectivity index (χ2v) is 9.95. The minimum atomic E-state index is -3.66. The van der Waals surface area contributed by atoms with Crippen molar-refractivity contribution in [2.45, 2.75) is 32.0 Å². The summed E-state index contributed by atoms with van der Waals surface area (Å²) in [5, 5.41) is 1.66. The zero-order valence-corrected chi connectivity index (χ0v) is 18.6.